The molecule has 1 aliphatic heterocycles. The number of rotatable bonds is 10. The number of piperidine rings is 1. The van der Waals surface area contributed by atoms with Crippen LogP contribution >= 0.6 is 0 Å². The second-order valence-corrected chi connectivity index (χ2v) is 11.1. The second kappa shape index (κ2) is 12.8. The smallest absolute Gasteiger partial charge is 0.422 e. The van der Waals surface area contributed by atoms with Crippen molar-refractivity contribution >= 4 is 22.6 Å². The van der Waals surface area contributed by atoms with Crippen LogP contribution in [0.15, 0.2) is 66.9 Å². The number of benzene rings is 3. The molecule has 0 radical (unpaired) electrons. The van der Waals surface area contributed by atoms with Crippen LogP contribution in [0.5, 0.6) is 11.5 Å². The lowest BCUT2D eigenvalue weighted by Gasteiger charge is -2.39. The van der Waals surface area contributed by atoms with Crippen LogP contribution in [0.4, 0.5) is 23.2 Å². The molecule has 4 aromatic rings. The van der Waals surface area contributed by atoms with E-state index < -0.39 is 30.1 Å². The molecule has 5 rings (SSSR count). The topological polar surface area (TPSA) is 88.5 Å². The highest BCUT2D eigenvalue weighted by molar-refractivity contribution is 5.88. The Morgan fingerprint density at radius 2 is 1.71 bits per heavy atom. The summed E-state index contributed by atoms with van der Waals surface area (Å²) in [6.45, 7) is 7.21. The Morgan fingerprint density at radius 1 is 1.02 bits per heavy atom. The fraction of sp³-hybridized carbons (Fsp3) is 0.333. The lowest BCUT2D eigenvalue weighted by molar-refractivity contribution is -0.272. The number of carboxylic acid groups (broad SMARTS) is 1. The maximum absolute atomic E-state index is 14.8. The monoisotopic (exact) mass is 625 g/mol. The molecule has 0 amide bonds. The lowest BCUT2D eigenvalue weighted by atomic mass is 9.91. The molecule has 1 unspecified atom stereocenters. The van der Waals surface area contributed by atoms with Gasteiger partial charge in [-0.15, -0.1) is 0 Å². The third-order valence-electron chi connectivity index (χ3n) is 8.04. The van der Waals surface area contributed by atoms with Crippen LogP contribution in [-0.2, 0) is 23.4 Å². The van der Waals surface area contributed by atoms with Crippen molar-refractivity contribution < 1.29 is 42.0 Å². The van der Waals surface area contributed by atoms with Gasteiger partial charge in [-0.3, -0.25) is 9.69 Å². The Labute approximate surface area is 256 Å². The number of aliphatic hydroxyl groups is 1. The summed E-state index contributed by atoms with van der Waals surface area (Å²) in [5.74, 6) is -0.659. The summed E-state index contributed by atoms with van der Waals surface area (Å²) in [5.41, 5.74) is -1.79. The van der Waals surface area contributed by atoms with Crippen molar-refractivity contribution in [2.24, 2.45) is 0 Å². The minimum atomic E-state index is -5.03. The normalized spacial score (nSPS) is 15.8. The summed E-state index contributed by atoms with van der Waals surface area (Å²) in [5, 5.41) is 20.7. The minimum absolute atomic E-state index is 0.107. The van der Waals surface area contributed by atoms with E-state index in [1.807, 2.05) is 0 Å². The van der Waals surface area contributed by atoms with Gasteiger partial charge in [-0.2, -0.15) is 13.2 Å². The molecular weight excluding hydrogens is 594 g/mol. The molecule has 1 aromatic heterocycles. The van der Waals surface area contributed by atoms with Gasteiger partial charge in [0, 0.05) is 48.8 Å². The van der Waals surface area contributed by atoms with E-state index in [9.17, 15) is 27.5 Å². The van der Waals surface area contributed by atoms with E-state index in [4.69, 9.17) is 21.2 Å². The molecule has 0 bridgehead atoms. The zero-order chi connectivity index (χ0) is 32.4. The van der Waals surface area contributed by atoms with Gasteiger partial charge in [-0.05, 0) is 54.3 Å². The highest BCUT2D eigenvalue weighted by Crippen LogP contribution is 2.44. The number of β-amino-alcohol motifs (C(OH)–C–C–N with tert-alkyl or cyclic N) is 1. The summed E-state index contributed by atoms with van der Waals surface area (Å²) < 4.78 is 70.9. The number of halogens is 4. The molecule has 8 nitrogen and oxygen atoms in total. The van der Waals surface area contributed by atoms with Crippen LogP contribution in [0, 0.1) is 12.4 Å². The highest BCUT2D eigenvalue weighted by Gasteiger charge is 2.57. The maximum atomic E-state index is 14.8. The predicted octanol–water partition coefficient (Wildman–Crippen LogP) is 6.31. The number of likely N-dealkylation sites (tertiary alicyclic amines) is 1. The van der Waals surface area contributed by atoms with Gasteiger partial charge < -0.3 is 24.3 Å². The van der Waals surface area contributed by atoms with Gasteiger partial charge in [0.15, 0.2) is 17.2 Å². The van der Waals surface area contributed by atoms with E-state index in [1.54, 1.807) is 27.7 Å². The van der Waals surface area contributed by atoms with Crippen molar-refractivity contribution in [3.63, 3.8) is 0 Å². The molecular formula is C33H31F4N3O5. The minimum Gasteiger partial charge on any atom is -0.493 e. The van der Waals surface area contributed by atoms with Crippen molar-refractivity contribution in [1.82, 2.24) is 9.47 Å². The van der Waals surface area contributed by atoms with E-state index in [-0.39, 0.29) is 48.8 Å². The van der Waals surface area contributed by atoms with Gasteiger partial charge in [0.1, 0.15) is 11.9 Å². The first kappa shape index (κ1) is 31.8. The SMILES string of the molecule is [C-]#[N+]c1ccc2c(C(O)(CN3CCC(Oc4ccc(CC(=O)O)cc4OC)CC3)C(F)(F)F)cn(Cc3ccc(F)cc3)c2c1. The number of hydrogen-bond acceptors (Lipinski definition) is 5. The van der Waals surface area contributed by atoms with E-state index in [1.165, 1.54) is 55.8 Å². The molecule has 2 N–H and O–H groups in total. The largest absolute Gasteiger partial charge is 0.493 e. The molecule has 2 heterocycles. The quantitative estimate of drug-likeness (QED) is 0.159. The number of methoxy groups -OCH3 is 1. The number of carbonyl (C=O) groups is 1. The average Bonchev–Trinajstić information content (AvgIpc) is 3.37. The Kier molecular flexibility index (Phi) is 9.04. The predicted molar refractivity (Wildman–Crippen MR) is 158 cm³/mol. The van der Waals surface area contributed by atoms with E-state index in [2.05, 4.69) is 4.85 Å². The molecule has 1 atom stereocenters. The van der Waals surface area contributed by atoms with E-state index in [0.29, 0.717) is 41.0 Å². The molecule has 1 saturated heterocycles. The summed E-state index contributed by atoms with van der Waals surface area (Å²) in [4.78, 5) is 16.0. The van der Waals surface area contributed by atoms with Gasteiger partial charge >= 0.3 is 12.1 Å². The zero-order valence-electron chi connectivity index (χ0n) is 24.4. The van der Waals surface area contributed by atoms with E-state index >= 15 is 0 Å². The van der Waals surface area contributed by atoms with Gasteiger partial charge in [0.05, 0.1) is 20.1 Å². The maximum Gasteiger partial charge on any atom is 0.422 e. The first-order chi connectivity index (χ1) is 21.4. The van der Waals surface area contributed by atoms with Gasteiger partial charge in [0.25, 0.3) is 0 Å². The van der Waals surface area contributed by atoms with Crippen molar-refractivity contribution in [2.45, 2.75) is 43.7 Å². The standard InChI is InChI=1S/C33H31F4N3O5/c1-38-24-8-9-26-27(19-40(28(26)17-24)18-21-3-6-23(34)7-4-21)32(43,33(35,36)37)20-39-13-11-25(12-14-39)45-29-10-5-22(16-31(41)42)15-30(29)44-2/h3-10,15,17,19,25,43H,11-14,16,18,20H2,2H3,(H,41,42). The fourth-order valence-electron chi connectivity index (χ4n) is 5.71. The third kappa shape index (κ3) is 6.90. The Balaban J connectivity index is 1.37. The number of ether oxygens (including phenoxy) is 2. The molecule has 1 fully saturated rings. The van der Waals surface area contributed by atoms with Crippen LogP contribution in [0.2, 0.25) is 0 Å². The van der Waals surface area contributed by atoms with E-state index in [0.717, 1.165) is 0 Å². The third-order valence-corrected chi connectivity index (χ3v) is 8.04. The van der Waals surface area contributed by atoms with Gasteiger partial charge in [-0.25, -0.2) is 9.24 Å². The molecule has 0 aliphatic carbocycles. The number of fused-ring (bicyclic) bond motifs is 1. The van der Waals surface area contributed by atoms with Gasteiger partial charge in [-0.1, -0.05) is 30.3 Å². The molecule has 12 heteroatoms. The molecule has 3 aromatic carbocycles. The summed E-state index contributed by atoms with van der Waals surface area (Å²) >= 11 is 0. The van der Waals surface area contributed by atoms with Crippen LogP contribution < -0.4 is 9.47 Å². The van der Waals surface area contributed by atoms with Crippen molar-refractivity contribution in [1.29, 1.82) is 0 Å². The molecule has 0 spiro atoms. The number of nitrogens with zero attached hydrogens (tertiary/aromatic N) is 3. The van der Waals surface area contributed by atoms with Crippen LogP contribution in [0.1, 0.15) is 29.5 Å². The number of carboxylic acids is 1. The summed E-state index contributed by atoms with van der Waals surface area (Å²) in [6, 6.07) is 14.7. The number of aromatic nitrogens is 1. The summed E-state index contributed by atoms with van der Waals surface area (Å²) in [6.07, 6.45) is -3.50. The second-order valence-electron chi connectivity index (χ2n) is 11.1. The fourth-order valence-corrected chi connectivity index (χ4v) is 5.71. The molecule has 1 aliphatic rings. The van der Waals surface area contributed by atoms with Crippen molar-refractivity contribution in [2.75, 3.05) is 26.7 Å². The first-order valence-corrected chi connectivity index (χ1v) is 14.2. The van der Waals surface area contributed by atoms with Crippen LogP contribution in [0.25, 0.3) is 15.7 Å². The number of aliphatic carboxylic acids is 1. The zero-order valence-corrected chi connectivity index (χ0v) is 24.4. The molecule has 45 heavy (non-hydrogen) atoms. The van der Waals surface area contributed by atoms with Crippen LogP contribution in [-0.4, -0.2) is 64.7 Å². The van der Waals surface area contributed by atoms with Crippen molar-refractivity contribution in [3.8, 4) is 11.5 Å². The summed E-state index contributed by atoms with van der Waals surface area (Å²) in [7, 11) is 1.44. The number of alkyl halides is 3. The Bertz CT molecular complexity index is 1720. The average molecular weight is 626 g/mol. The Morgan fingerprint density at radius 3 is 2.33 bits per heavy atom. The van der Waals surface area contributed by atoms with Crippen molar-refractivity contribution in [3.05, 3.63) is 101 Å². The lowest BCUT2D eigenvalue weighted by Crippen LogP contribution is -2.53. The molecule has 0 saturated carbocycles. The molecule has 236 valence electrons. The van der Waals surface area contributed by atoms with Gasteiger partial charge in [0.2, 0.25) is 5.60 Å². The Hall–Kier alpha value is -4.60. The number of hydrogen-bond donors (Lipinski definition) is 2. The first-order valence-electron chi connectivity index (χ1n) is 14.2. The highest BCUT2D eigenvalue weighted by atomic mass is 19.4. The van der Waals surface area contributed by atoms with Crippen LogP contribution in [0.3, 0.4) is 0 Å².